The Morgan fingerprint density at radius 2 is 1.72 bits per heavy atom. The van der Waals surface area contributed by atoms with Crippen molar-refractivity contribution in [2.24, 2.45) is 17.8 Å². The van der Waals surface area contributed by atoms with Crippen LogP contribution in [0.2, 0.25) is 0 Å². The normalized spacial score (nSPS) is 17.7. The first-order valence-corrected chi connectivity index (χ1v) is 10.5. The Balaban J connectivity index is 5.79. The molecule has 0 rings (SSSR count). The summed E-state index contributed by atoms with van der Waals surface area (Å²) in [6.45, 7) is 21.7. The second-order valence-electron chi connectivity index (χ2n) is 7.76. The van der Waals surface area contributed by atoms with Crippen LogP contribution in [0.15, 0.2) is 17.9 Å². The summed E-state index contributed by atoms with van der Waals surface area (Å²) in [5.74, 6) is 1.79. The van der Waals surface area contributed by atoms with Crippen LogP contribution in [-0.2, 0) is 0 Å². The summed E-state index contributed by atoms with van der Waals surface area (Å²) in [7, 11) is 2.28. The molecule has 0 aromatic carbocycles. The molecule has 0 heterocycles. The number of allylic oxidation sites excluding steroid dienone is 1. The Bertz CT molecular complexity index is 385. The third-order valence-electron chi connectivity index (χ3n) is 5.45. The van der Waals surface area contributed by atoms with Crippen molar-refractivity contribution in [1.82, 2.24) is 10.2 Å². The maximum atomic E-state index is 3.69. The molecule has 0 saturated heterocycles. The van der Waals surface area contributed by atoms with Gasteiger partial charge in [0.2, 0.25) is 0 Å². The lowest BCUT2D eigenvalue weighted by Gasteiger charge is -2.42. The van der Waals surface area contributed by atoms with Crippen molar-refractivity contribution in [1.29, 1.82) is 0 Å². The number of likely N-dealkylation sites (N-methyl/N-ethyl adjacent to an activating group) is 3. The molecule has 0 fully saturated rings. The number of nitrogens with one attached hydrogen (secondary N) is 1. The fourth-order valence-corrected chi connectivity index (χ4v) is 4.31. The molecule has 5 unspecified atom stereocenters. The van der Waals surface area contributed by atoms with Crippen molar-refractivity contribution in [3.8, 4) is 0 Å². The molecule has 0 spiro atoms. The minimum atomic E-state index is 0.478. The lowest BCUT2D eigenvalue weighted by Crippen LogP contribution is -2.96. The molecular formula is C22H46N3+. The molecule has 3 heteroatoms. The van der Waals surface area contributed by atoms with Crippen LogP contribution < -0.4 is 10.6 Å². The molecule has 25 heavy (non-hydrogen) atoms. The largest absolute Gasteiger partial charge is 0.342 e. The highest BCUT2D eigenvalue weighted by Crippen LogP contribution is 2.28. The summed E-state index contributed by atoms with van der Waals surface area (Å²) in [5, 5.41) is 6.26. The van der Waals surface area contributed by atoms with E-state index in [2.05, 4.69) is 95.9 Å². The van der Waals surface area contributed by atoms with E-state index in [1.54, 1.807) is 0 Å². The molecule has 3 N–H and O–H groups in total. The first-order valence-electron chi connectivity index (χ1n) is 10.5. The molecule has 0 radical (unpaired) electrons. The van der Waals surface area contributed by atoms with Gasteiger partial charge in [-0.25, -0.2) is 0 Å². The van der Waals surface area contributed by atoms with Crippen molar-refractivity contribution in [2.75, 3.05) is 26.7 Å². The van der Waals surface area contributed by atoms with Crippen LogP contribution in [0.3, 0.4) is 0 Å². The fourth-order valence-electron chi connectivity index (χ4n) is 4.31. The van der Waals surface area contributed by atoms with Crippen LogP contribution in [-0.4, -0.2) is 49.7 Å². The number of rotatable bonds is 13. The number of nitrogens with zero attached hydrogens (tertiary/aromatic N) is 1. The molecule has 0 bridgehead atoms. The summed E-state index contributed by atoms with van der Waals surface area (Å²) in [4.78, 5) is 2.54. The summed E-state index contributed by atoms with van der Waals surface area (Å²) in [5.41, 5.74) is 3.41. The van der Waals surface area contributed by atoms with E-state index in [-0.39, 0.29) is 0 Å². The SMILES string of the molecule is CCC=C=CC(C)C(C(C)C)C([NH2+]CC)C(C(C)NCC)N(C)CC. The smallest absolute Gasteiger partial charge is 0.107 e. The minimum absolute atomic E-state index is 0.478. The highest BCUT2D eigenvalue weighted by Gasteiger charge is 2.40. The topological polar surface area (TPSA) is 31.9 Å². The molecule has 5 atom stereocenters. The van der Waals surface area contributed by atoms with Gasteiger partial charge >= 0.3 is 0 Å². The predicted molar refractivity (Wildman–Crippen MR) is 112 cm³/mol. The quantitative estimate of drug-likeness (QED) is 0.499. The van der Waals surface area contributed by atoms with Crippen LogP contribution in [0.1, 0.15) is 61.8 Å². The summed E-state index contributed by atoms with van der Waals surface area (Å²) < 4.78 is 0. The van der Waals surface area contributed by atoms with E-state index in [0.717, 1.165) is 26.1 Å². The predicted octanol–water partition coefficient (Wildman–Crippen LogP) is 3.29. The highest BCUT2D eigenvalue weighted by atomic mass is 15.2. The molecular weight excluding hydrogens is 306 g/mol. The Kier molecular flexibility index (Phi) is 13.3. The van der Waals surface area contributed by atoms with Crippen molar-refractivity contribution in [3.05, 3.63) is 17.9 Å². The van der Waals surface area contributed by atoms with Gasteiger partial charge in [-0.1, -0.05) is 41.5 Å². The van der Waals surface area contributed by atoms with Gasteiger partial charge in [0.15, 0.2) is 0 Å². The molecule has 0 aliphatic rings. The standard InChI is InChI=1S/C22H45N3/c1-10-14-15-16-18(7)20(17(5)6)21(24-12-3)22(25(9)13-4)19(8)23-11-2/h14,16-24H,10-13H2,1-9H3/p+1. The third-order valence-corrected chi connectivity index (χ3v) is 5.45. The van der Waals surface area contributed by atoms with Crippen LogP contribution in [0.5, 0.6) is 0 Å². The van der Waals surface area contributed by atoms with Gasteiger partial charge in [0.05, 0.1) is 12.6 Å². The summed E-state index contributed by atoms with van der Waals surface area (Å²) in [6.07, 6.45) is 5.49. The highest BCUT2D eigenvalue weighted by molar-refractivity contribution is 4.97. The molecule has 3 nitrogen and oxygen atoms in total. The number of hydrogen-bond acceptors (Lipinski definition) is 2. The van der Waals surface area contributed by atoms with Gasteiger partial charge < -0.3 is 10.6 Å². The van der Waals surface area contributed by atoms with Crippen molar-refractivity contribution >= 4 is 0 Å². The van der Waals surface area contributed by atoms with Gasteiger partial charge in [-0.05, 0) is 64.4 Å². The third kappa shape index (κ3) is 8.09. The number of quaternary nitrogens is 1. The van der Waals surface area contributed by atoms with E-state index in [9.17, 15) is 0 Å². The van der Waals surface area contributed by atoms with E-state index in [1.807, 2.05) is 0 Å². The molecule has 0 aliphatic carbocycles. The minimum Gasteiger partial charge on any atom is -0.342 e. The zero-order chi connectivity index (χ0) is 19.4. The van der Waals surface area contributed by atoms with Gasteiger partial charge in [-0.15, -0.1) is 5.73 Å². The second-order valence-corrected chi connectivity index (χ2v) is 7.76. The average Bonchev–Trinajstić information content (AvgIpc) is 2.55. The van der Waals surface area contributed by atoms with Crippen molar-refractivity contribution in [2.45, 2.75) is 79.9 Å². The zero-order valence-electron chi connectivity index (χ0n) is 18.5. The van der Waals surface area contributed by atoms with Gasteiger partial charge in [-0.2, -0.15) is 0 Å². The molecule has 0 saturated carbocycles. The Hall–Kier alpha value is -0.600. The van der Waals surface area contributed by atoms with Crippen LogP contribution in [0.4, 0.5) is 0 Å². The van der Waals surface area contributed by atoms with Gasteiger partial charge in [0.25, 0.3) is 0 Å². The maximum Gasteiger partial charge on any atom is 0.107 e. The number of nitrogens with two attached hydrogens (primary N) is 1. The zero-order valence-corrected chi connectivity index (χ0v) is 18.5. The fraction of sp³-hybridized carbons (Fsp3) is 0.864. The second kappa shape index (κ2) is 13.6. The molecule has 0 amide bonds. The Morgan fingerprint density at radius 1 is 1.08 bits per heavy atom. The first kappa shape index (κ1) is 24.4. The van der Waals surface area contributed by atoms with Crippen molar-refractivity contribution < 1.29 is 5.32 Å². The lowest BCUT2D eigenvalue weighted by molar-refractivity contribution is -0.700. The molecule has 0 aromatic heterocycles. The van der Waals surface area contributed by atoms with E-state index in [1.165, 1.54) is 0 Å². The van der Waals surface area contributed by atoms with Crippen LogP contribution >= 0.6 is 0 Å². The Morgan fingerprint density at radius 3 is 2.16 bits per heavy atom. The number of hydrogen-bond donors (Lipinski definition) is 2. The van der Waals surface area contributed by atoms with Gasteiger partial charge in [0, 0.05) is 12.0 Å². The van der Waals surface area contributed by atoms with E-state index < -0.39 is 0 Å². The van der Waals surface area contributed by atoms with Crippen molar-refractivity contribution in [3.63, 3.8) is 0 Å². The van der Waals surface area contributed by atoms with Gasteiger partial charge in [0.1, 0.15) is 6.04 Å². The Labute approximate surface area is 158 Å². The monoisotopic (exact) mass is 352 g/mol. The first-order chi connectivity index (χ1) is 11.8. The lowest BCUT2D eigenvalue weighted by atomic mass is 9.74. The van der Waals surface area contributed by atoms with Crippen LogP contribution in [0.25, 0.3) is 0 Å². The molecule has 148 valence electrons. The average molecular weight is 353 g/mol. The van der Waals surface area contributed by atoms with E-state index in [4.69, 9.17) is 0 Å². The molecule has 0 aliphatic heterocycles. The summed E-state index contributed by atoms with van der Waals surface area (Å²) >= 11 is 0. The van der Waals surface area contributed by atoms with E-state index in [0.29, 0.717) is 35.9 Å². The van der Waals surface area contributed by atoms with Crippen LogP contribution in [0, 0.1) is 17.8 Å². The summed E-state index contributed by atoms with van der Waals surface area (Å²) in [6, 6.07) is 1.56. The van der Waals surface area contributed by atoms with E-state index >= 15 is 0 Å². The van der Waals surface area contributed by atoms with Gasteiger partial charge in [-0.3, -0.25) is 4.90 Å². The maximum absolute atomic E-state index is 3.69. The molecule has 0 aromatic rings.